The molecule has 0 unspecified atom stereocenters. The molecule has 0 spiro atoms. The zero-order valence-electron chi connectivity index (χ0n) is 8.64. The van der Waals surface area contributed by atoms with Crippen LogP contribution in [-0.2, 0) is 0 Å². The maximum absolute atomic E-state index is 11.7. The molecule has 0 saturated heterocycles. The van der Waals surface area contributed by atoms with Crippen molar-refractivity contribution in [3.05, 3.63) is 41.4 Å². The van der Waals surface area contributed by atoms with Gasteiger partial charge in [-0.25, -0.2) is 4.37 Å². The van der Waals surface area contributed by atoms with Crippen LogP contribution >= 0.6 is 11.5 Å². The molecule has 0 bridgehead atoms. The van der Waals surface area contributed by atoms with Crippen molar-refractivity contribution in [3.8, 4) is 5.75 Å². The third kappa shape index (κ3) is 2.38. The van der Waals surface area contributed by atoms with Crippen LogP contribution in [0.1, 0.15) is 9.67 Å². The molecule has 0 saturated carbocycles. The number of nitrogens with one attached hydrogen (secondary N) is 1. The van der Waals surface area contributed by atoms with Gasteiger partial charge in [0.25, 0.3) is 5.91 Å². The number of methoxy groups -OCH3 is 1. The number of carbonyl (C=O) groups excluding carboxylic acids is 1. The molecule has 1 aromatic carbocycles. The lowest BCUT2D eigenvalue weighted by molar-refractivity contribution is 0.103. The number of benzene rings is 1. The fraction of sp³-hybridized carbons (Fsp3) is 0.0909. The highest BCUT2D eigenvalue weighted by Gasteiger charge is 2.07. The molecule has 82 valence electrons. The van der Waals surface area contributed by atoms with E-state index in [0.717, 1.165) is 0 Å². The summed E-state index contributed by atoms with van der Waals surface area (Å²) in [6, 6.07) is 8.89. The predicted molar refractivity (Wildman–Crippen MR) is 63.1 cm³/mol. The summed E-state index contributed by atoms with van der Waals surface area (Å²) in [5.74, 6) is 0.554. The van der Waals surface area contributed by atoms with E-state index in [9.17, 15) is 4.79 Å². The molecular weight excluding hydrogens is 224 g/mol. The van der Waals surface area contributed by atoms with E-state index < -0.39 is 0 Å². The normalized spacial score (nSPS) is 9.81. The average Bonchev–Trinajstić information content (AvgIpc) is 2.83. The van der Waals surface area contributed by atoms with E-state index >= 15 is 0 Å². The number of amides is 1. The van der Waals surface area contributed by atoms with Gasteiger partial charge in [0.2, 0.25) is 0 Å². The van der Waals surface area contributed by atoms with Crippen molar-refractivity contribution in [2.75, 3.05) is 12.4 Å². The maximum atomic E-state index is 11.7. The Morgan fingerprint density at radius 1 is 1.44 bits per heavy atom. The van der Waals surface area contributed by atoms with Gasteiger partial charge < -0.3 is 10.1 Å². The number of ether oxygens (including phenoxy) is 1. The van der Waals surface area contributed by atoms with Crippen LogP contribution in [0.25, 0.3) is 0 Å². The average molecular weight is 234 g/mol. The van der Waals surface area contributed by atoms with Crippen LogP contribution in [0.15, 0.2) is 36.5 Å². The Labute approximate surface area is 97.0 Å². The predicted octanol–water partition coefficient (Wildman–Crippen LogP) is 2.40. The first kappa shape index (κ1) is 10.6. The lowest BCUT2D eigenvalue weighted by Crippen LogP contribution is -2.09. The largest absolute Gasteiger partial charge is 0.497 e. The maximum Gasteiger partial charge on any atom is 0.267 e. The number of rotatable bonds is 3. The number of aromatic nitrogens is 1. The van der Waals surface area contributed by atoms with E-state index in [-0.39, 0.29) is 5.91 Å². The van der Waals surface area contributed by atoms with Crippen LogP contribution in [0.4, 0.5) is 5.69 Å². The number of nitrogens with zero attached hydrogens (tertiary/aromatic N) is 1. The fourth-order valence-corrected chi connectivity index (χ4v) is 1.72. The van der Waals surface area contributed by atoms with Gasteiger partial charge in [-0.1, -0.05) is 6.07 Å². The third-order valence-electron chi connectivity index (χ3n) is 1.99. The molecule has 2 rings (SSSR count). The van der Waals surface area contributed by atoms with Crippen molar-refractivity contribution in [1.82, 2.24) is 4.37 Å². The standard InChI is InChI=1S/C11H10N2O2S/c1-15-9-4-2-3-8(7-9)13-11(14)10-5-6-12-16-10/h2-7H,1H3,(H,13,14). The summed E-state index contributed by atoms with van der Waals surface area (Å²) in [6.45, 7) is 0. The molecule has 0 fully saturated rings. The first-order valence-corrected chi connectivity index (χ1v) is 5.43. The molecule has 2 aromatic rings. The molecule has 16 heavy (non-hydrogen) atoms. The minimum Gasteiger partial charge on any atom is -0.497 e. The highest BCUT2D eigenvalue weighted by molar-refractivity contribution is 7.08. The number of carbonyl (C=O) groups is 1. The van der Waals surface area contributed by atoms with Crippen molar-refractivity contribution >= 4 is 23.1 Å². The van der Waals surface area contributed by atoms with E-state index in [1.165, 1.54) is 11.5 Å². The lowest BCUT2D eigenvalue weighted by Gasteiger charge is -2.05. The van der Waals surface area contributed by atoms with E-state index in [0.29, 0.717) is 16.3 Å². The summed E-state index contributed by atoms with van der Waals surface area (Å²) in [5, 5.41) is 2.77. The molecule has 1 aromatic heterocycles. The third-order valence-corrected chi connectivity index (χ3v) is 2.73. The summed E-state index contributed by atoms with van der Waals surface area (Å²) < 4.78 is 8.94. The Bertz CT molecular complexity index is 482. The van der Waals surface area contributed by atoms with E-state index in [2.05, 4.69) is 9.69 Å². The molecule has 5 heteroatoms. The van der Waals surface area contributed by atoms with Gasteiger partial charge in [-0.3, -0.25) is 4.79 Å². The van der Waals surface area contributed by atoms with Gasteiger partial charge >= 0.3 is 0 Å². The second-order valence-electron chi connectivity index (χ2n) is 3.06. The SMILES string of the molecule is COc1cccc(NC(=O)c2ccns2)c1. The van der Waals surface area contributed by atoms with Gasteiger partial charge in [0.1, 0.15) is 10.6 Å². The summed E-state index contributed by atoms with van der Waals surface area (Å²) >= 11 is 1.17. The van der Waals surface area contributed by atoms with Crippen molar-refractivity contribution in [3.63, 3.8) is 0 Å². The molecule has 1 heterocycles. The number of hydrogen-bond donors (Lipinski definition) is 1. The molecule has 0 radical (unpaired) electrons. The molecule has 0 aliphatic heterocycles. The van der Waals surface area contributed by atoms with Crippen molar-refractivity contribution in [1.29, 1.82) is 0 Å². The van der Waals surface area contributed by atoms with Gasteiger partial charge in [0.05, 0.1) is 7.11 Å². The zero-order valence-corrected chi connectivity index (χ0v) is 9.45. The van der Waals surface area contributed by atoms with E-state index in [4.69, 9.17) is 4.74 Å². The summed E-state index contributed by atoms with van der Waals surface area (Å²) in [6.07, 6.45) is 1.60. The highest BCUT2D eigenvalue weighted by atomic mass is 32.1. The summed E-state index contributed by atoms with van der Waals surface area (Å²) in [7, 11) is 1.59. The molecule has 1 amide bonds. The highest BCUT2D eigenvalue weighted by Crippen LogP contribution is 2.17. The Hall–Kier alpha value is -1.88. The summed E-state index contributed by atoms with van der Waals surface area (Å²) in [4.78, 5) is 12.3. The topological polar surface area (TPSA) is 51.2 Å². The quantitative estimate of drug-likeness (QED) is 0.887. The molecular formula is C11H10N2O2S. The fourth-order valence-electron chi connectivity index (χ4n) is 1.23. The van der Waals surface area contributed by atoms with Gasteiger partial charge in [-0.2, -0.15) is 0 Å². The van der Waals surface area contributed by atoms with Gasteiger partial charge in [-0.15, -0.1) is 0 Å². The first-order chi connectivity index (χ1) is 7.79. The molecule has 0 aliphatic carbocycles. The molecule has 0 aliphatic rings. The van der Waals surface area contributed by atoms with Gasteiger partial charge in [0, 0.05) is 18.0 Å². The molecule has 4 nitrogen and oxygen atoms in total. The monoisotopic (exact) mass is 234 g/mol. The lowest BCUT2D eigenvalue weighted by atomic mass is 10.3. The van der Waals surface area contributed by atoms with Crippen LogP contribution in [0, 0.1) is 0 Å². The van der Waals surface area contributed by atoms with Crippen molar-refractivity contribution < 1.29 is 9.53 Å². The first-order valence-electron chi connectivity index (χ1n) is 4.65. The second kappa shape index (κ2) is 4.76. The van der Waals surface area contributed by atoms with Crippen LogP contribution in [0.5, 0.6) is 5.75 Å². The van der Waals surface area contributed by atoms with Crippen molar-refractivity contribution in [2.45, 2.75) is 0 Å². The summed E-state index contributed by atoms with van der Waals surface area (Å²) in [5.41, 5.74) is 0.706. The number of anilines is 1. The Morgan fingerprint density at radius 2 is 2.31 bits per heavy atom. The van der Waals surface area contributed by atoms with Crippen LogP contribution in [0.3, 0.4) is 0 Å². The minimum atomic E-state index is -0.157. The zero-order chi connectivity index (χ0) is 11.4. The minimum absolute atomic E-state index is 0.157. The smallest absolute Gasteiger partial charge is 0.267 e. The van der Waals surface area contributed by atoms with Gasteiger partial charge in [0.15, 0.2) is 0 Å². The van der Waals surface area contributed by atoms with E-state index in [1.54, 1.807) is 31.5 Å². The number of hydrogen-bond acceptors (Lipinski definition) is 4. The van der Waals surface area contributed by atoms with Gasteiger partial charge in [-0.05, 0) is 29.7 Å². The van der Waals surface area contributed by atoms with Crippen molar-refractivity contribution in [2.24, 2.45) is 0 Å². The van der Waals surface area contributed by atoms with Crippen LogP contribution in [0.2, 0.25) is 0 Å². The molecule has 1 N–H and O–H groups in total. The van der Waals surface area contributed by atoms with Crippen LogP contribution in [-0.4, -0.2) is 17.4 Å². The Morgan fingerprint density at radius 3 is 3.00 bits per heavy atom. The van der Waals surface area contributed by atoms with E-state index in [1.807, 2.05) is 12.1 Å². The van der Waals surface area contributed by atoms with Crippen LogP contribution < -0.4 is 10.1 Å². The molecule has 0 atom stereocenters. The Balaban J connectivity index is 2.12. The second-order valence-corrected chi connectivity index (χ2v) is 3.90. The Kier molecular flexibility index (Phi) is 3.16.